The van der Waals surface area contributed by atoms with Crippen LogP contribution < -0.4 is 24.2 Å². The van der Waals surface area contributed by atoms with Crippen molar-refractivity contribution < 1.29 is 32.6 Å². The molecule has 1 fully saturated rings. The molecule has 7 nitrogen and oxygen atoms in total. The van der Waals surface area contributed by atoms with Gasteiger partial charge in [0.25, 0.3) is 0 Å². The van der Waals surface area contributed by atoms with Gasteiger partial charge in [0, 0.05) is 24.5 Å². The molecule has 2 aliphatic rings. The summed E-state index contributed by atoms with van der Waals surface area (Å²) in [7, 11) is 13.6. The van der Waals surface area contributed by atoms with Gasteiger partial charge in [-0.2, -0.15) is 6.67 Å². The molecular weight excluding hydrogens is 830 g/mol. The summed E-state index contributed by atoms with van der Waals surface area (Å²) < 4.78 is 12.8. The van der Waals surface area contributed by atoms with Crippen molar-refractivity contribution in [2.24, 2.45) is 0 Å². The number of carbonyl (C=O) groups excluding carboxylic acids is 2. The van der Waals surface area contributed by atoms with Crippen molar-refractivity contribution in [2.75, 3.05) is 34.9 Å². The Morgan fingerprint density at radius 1 is 0.786 bits per heavy atom. The van der Waals surface area contributed by atoms with Crippen LogP contribution in [0.4, 0.5) is 17.1 Å². The molecule has 0 bridgehead atoms. The molecule has 2 heterocycles. The first-order valence-electron chi connectivity index (χ1n) is 19.5. The van der Waals surface area contributed by atoms with Crippen LogP contribution in [0.2, 0.25) is 0 Å². The molecule has 0 saturated carbocycles. The molecule has 0 aliphatic carbocycles. The van der Waals surface area contributed by atoms with Gasteiger partial charge in [0.15, 0.2) is 0 Å². The Bertz CT molecular complexity index is 1920. The number of rotatable bonds is 10. The van der Waals surface area contributed by atoms with Crippen molar-refractivity contribution in [3.05, 3.63) is 119 Å². The van der Waals surface area contributed by atoms with Gasteiger partial charge in [-0.1, -0.05) is 91.8 Å². The molecule has 6 rings (SSSR count). The summed E-state index contributed by atoms with van der Waals surface area (Å²) >= 11 is -2.11. The van der Waals surface area contributed by atoms with E-state index in [9.17, 15) is 9.59 Å². The molecule has 56 heavy (non-hydrogen) atoms. The van der Waals surface area contributed by atoms with Gasteiger partial charge in [0.2, 0.25) is 0 Å². The number of fused-ring (bicyclic) bond motifs is 1. The van der Waals surface area contributed by atoms with Crippen LogP contribution in [-0.4, -0.2) is 42.7 Å². The summed E-state index contributed by atoms with van der Waals surface area (Å²) in [5.41, 5.74) is 10.1. The van der Waals surface area contributed by atoms with Crippen LogP contribution in [0, 0.1) is 6.67 Å². The Kier molecular flexibility index (Phi) is 14.9. The average molecular weight is 887 g/mol. The molecule has 0 radical (unpaired) electrons. The zero-order valence-electron chi connectivity index (χ0n) is 34.3. The molecule has 2 aliphatic heterocycles. The van der Waals surface area contributed by atoms with Gasteiger partial charge >= 0.3 is 171 Å². The average Bonchev–Trinajstić information content (AvgIpc) is 3.66. The molecule has 0 aromatic heterocycles. The molecule has 1 atom stereocenters. The summed E-state index contributed by atoms with van der Waals surface area (Å²) in [5, 5.41) is 0. The first kappa shape index (κ1) is 43.4. The molecule has 0 spiro atoms. The zero-order chi connectivity index (χ0) is 40.8. The number of hydrogen-bond donors (Lipinski definition) is 0. The van der Waals surface area contributed by atoms with E-state index < -0.39 is 31.4 Å². The molecule has 2 amide bonds. The monoisotopic (exact) mass is 886 g/mol. The summed E-state index contributed by atoms with van der Waals surface area (Å²) in [4.78, 5) is 32.2. The normalized spacial score (nSPS) is 15.6. The van der Waals surface area contributed by atoms with Crippen LogP contribution in [0.3, 0.4) is 0 Å². The van der Waals surface area contributed by atoms with Crippen LogP contribution in [-0.2, 0) is 18.3 Å². The number of hydrogen-bond acceptors (Lipinski definition) is 6. The van der Waals surface area contributed by atoms with E-state index in [0.717, 1.165) is 13.1 Å². The molecule has 0 N–H and O–H groups in total. The number of amides is 2. The van der Waals surface area contributed by atoms with E-state index in [0.29, 0.717) is 58.4 Å². The van der Waals surface area contributed by atoms with E-state index in [1.54, 1.807) is 48.1 Å². The molecular formula is C46H56Cl2N3O4Ru-. The SMILES string of the molecule is CC(C)c1cccc(C(C)C)c1N1[CH-]N(c2c(C(C)C)cccc2C(C)C)CC1.CCC1Oc2c([CH]=[Ru]([Cl])[Cl])cccc2N(C(=O)c2ccc(OC)cc2)C1=O. The van der Waals surface area contributed by atoms with Gasteiger partial charge in [-0.15, -0.1) is 0 Å². The van der Waals surface area contributed by atoms with Gasteiger partial charge in [-0.3, -0.25) is 0 Å². The van der Waals surface area contributed by atoms with Crippen LogP contribution in [0.15, 0.2) is 78.9 Å². The number of benzene rings is 4. The molecule has 10 heteroatoms. The zero-order valence-corrected chi connectivity index (χ0v) is 37.5. The van der Waals surface area contributed by atoms with Crippen LogP contribution in [0.25, 0.3) is 0 Å². The van der Waals surface area contributed by atoms with Gasteiger partial charge in [0.05, 0.1) is 0 Å². The van der Waals surface area contributed by atoms with E-state index in [2.05, 4.69) is 108 Å². The fourth-order valence-electron chi connectivity index (χ4n) is 7.32. The quantitative estimate of drug-likeness (QED) is 0.0898. The van der Waals surface area contributed by atoms with Crippen LogP contribution >= 0.6 is 19.4 Å². The van der Waals surface area contributed by atoms with Crippen molar-refractivity contribution in [1.82, 2.24) is 0 Å². The second kappa shape index (κ2) is 19.2. The molecule has 1 unspecified atom stereocenters. The number of nitrogens with zero attached hydrogens (tertiary/aromatic N) is 3. The number of imide groups is 1. The van der Waals surface area contributed by atoms with Crippen molar-refractivity contribution in [3.63, 3.8) is 0 Å². The number of carbonyl (C=O) groups is 2. The molecule has 4 aromatic rings. The summed E-state index contributed by atoms with van der Waals surface area (Å²) in [6, 6.07) is 25.5. The van der Waals surface area contributed by atoms with Crippen LogP contribution in [0.5, 0.6) is 11.5 Å². The van der Waals surface area contributed by atoms with Crippen LogP contribution in [0.1, 0.15) is 131 Å². The van der Waals surface area contributed by atoms with Gasteiger partial charge in [-0.05, 0) is 45.9 Å². The molecule has 302 valence electrons. The number of halogens is 2. The summed E-state index contributed by atoms with van der Waals surface area (Å²) in [6.07, 6.45) is -0.317. The van der Waals surface area contributed by atoms with Gasteiger partial charge in [-0.25, -0.2) is 0 Å². The topological polar surface area (TPSA) is 62.3 Å². The minimum atomic E-state index is -2.11. The third-order valence-electron chi connectivity index (χ3n) is 10.2. The second-order valence-corrected chi connectivity index (χ2v) is 21.1. The molecule has 4 aromatic carbocycles. The maximum absolute atomic E-state index is 13.1. The second-order valence-electron chi connectivity index (χ2n) is 15.4. The standard InChI is InChI=1S/C27H39N2.C19H17NO4.2ClH.Ru/c1-18(2)22-11-9-12-23(19(3)4)26(22)28-15-16-29(17-28)27-24(20(5)6)13-10-14-25(27)21(7)8;1-4-16-19(22)20(15-7-5-6-12(2)17(15)24-16)18(21)13-8-10-14(23-3)11-9-13;;;/h9-14,17-21H,15-16H2,1-8H3;2,5-11,16H,4H2,1,3H3;2*1H;/q-1;;;;+2/p-2. The number of ether oxygens (including phenoxy) is 2. The van der Waals surface area contributed by atoms with E-state index in [1.807, 2.05) is 13.0 Å². The van der Waals surface area contributed by atoms with Gasteiger partial charge in [0.1, 0.15) is 0 Å². The Morgan fingerprint density at radius 3 is 1.66 bits per heavy atom. The number of anilines is 3. The summed E-state index contributed by atoms with van der Waals surface area (Å²) in [6.45, 7) is 24.7. The Balaban J connectivity index is 0.000000215. The Morgan fingerprint density at radius 2 is 1.25 bits per heavy atom. The van der Waals surface area contributed by atoms with Crippen molar-refractivity contribution in [1.29, 1.82) is 0 Å². The van der Waals surface area contributed by atoms with E-state index in [4.69, 9.17) is 28.9 Å². The third-order valence-corrected chi connectivity index (χ3v) is 12.1. The van der Waals surface area contributed by atoms with E-state index in [-0.39, 0.29) is 0 Å². The van der Waals surface area contributed by atoms with Crippen molar-refractivity contribution in [3.8, 4) is 11.5 Å². The molecule has 1 saturated heterocycles. The third kappa shape index (κ3) is 9.52. The fourth-order valence-corrected chi connectivity index (χ4v) is 9.11. The Labute approximate surface area is 347 Å². The van der Waals surface area contributed by atoms with Crippen molar-refractivity contribution in [2.45, 2.75) is 98.5 Å². The number of para-hydroxylation sites is 3. The summed E-state index contributed by atoms with van der Waals surface area (Å²) in [5.74, 6) is 2.32. The first-order valence-corrected chi connectivity index (χ1v) is 24.9. The maximum atomic E-state index is 13.1. The number of methoxy groups -OCH3 is 1. The minimum absolute atomic E-state index is 0.378. The van der Waals surface area contributed by atoms with E-state index >= 15 is 0 Å². The Hall–Kier alpha value is -3.71. The van der Waals surface area contributed by atoms with Crippen molar-refractivity contribution >= 4 is 52.9 Å². The predicted molar refractivity (Wildman–Crippen MR) is 231 cm³/mol. The predicted octanol–water partition coefficient (Wildman–Crippen LogP) is 11.7. The van der Waals surface area contributed by atoms with Gasteiger partial charge < -0.3 is 9.80 Å². The van der Waals surface area contributed by atoms with E-state index in [1.165, 1.54) is 38.5 Å². The fraction of sp³-hybridized carbons (Fsp3) is 0.391. The first-order chi connectivity index (χ1) is 26.7.